The van der Waals surface area contributed by atoms with E-state index in [1.165, 1.54) is 77.0 Å². The highest BCUT2D eigenvalue weighted by Crippen LogP contribution is 2.43. The maximum atomic E-state index is 12.5. The van der Waals surface area contributed by atoms with E-state index in [0.717, 1.165) is 64.2 Å². The van der Waals surface area contributed by atoms with Crippen LogP contribution < -0.4 is 5.73 Å². The van der Waals surface area contributed by atoms with E-state index in [4.69, 9.17) is 24.3 Å². The van der Waals surface area contributed by atoms with Crippen LogP contribution in [-0.2, 0) is 32.7 Å². The molecule has 0 spiro atoms. The van der Waals surface area contributed by atoms with Crippen LogP contribution in [0.2, 0.25) is 0 Å². The Bertz CT molecular complexity index is 939. The largest absolute Gasteiger partial charge is 0.472 e. The number of hydrogen-bond donors (Lipinski definition) is 2. The molecule has 10 heteroatoms. The summed E-state index contributed by atoms with van der Waals surface area (Å²) in [5.41, 5.74) is 5.34. The van der Waals surface area contributed by atoms with Crippen LogP contribution in [0.4, 0.5) is 0 Å². The molecule has 0 amide bonds. The number of nitrogens with two attached hydrogens (primary N) is 1. The fourth-order valence-electron chi connectivity index (χ4n) is 5.42. The van der Waals surface area contributed by atoms with Gasteiger partial charge in [-0.25, -0.2) is 4.57 Å². The standard InChI is InChI=1S/C41H76NO8P/c1-3-5-7-9-11-13-15-17-19-21-23-25-27-29-31-33-40(43)47-37-39(38-49-51(45,46)48-36-35-42)50-41(44)34-32-30-28-26-24-22-20-18-16-14-12-10-8-6-4-2/h11,13-14,16-17,19,39H,3-10,12,15,18,20-38,42H2,1-2H3,(H,45,46)/t39-/m1/s1. The lowest BCUT2D eigenvalue weighted by molar-refractivity contribution is -0.161. The highest BCUT2D eigenvalue weighted by atomic mass is 31.2. The molecule has 3 N–H and O–H groups in total. The van der Waals surface area contributed by atoms with Crippen LogP contribution in [0.25, 0.3) is 0 Å². The molecule has 0 aromatic carbocycles. The molecule has 0 aliphatic carbocycles. The first-order valence-corrected chi connectivity index (χ1v) is 22.0. The monoisotopic (exact) mass is 742 g/mol. The van der Waals surface area contributed by atoms with Gasteiger partial charge in [-0.15, -0.1) is 0 Å². The summed E-state index contributed by atoms with van der Waals surface area (Å²) in [6.07, 6.45) is 40.2. The van der Waals surface area contributed by atoms with Gasteiger partial charge < -0.3 is 20.1 Å². The highest BCUT2D eigenvalue weighted by molar-refractivity contribution is 7.47. The van der Waals surface area contributed by atoms with Crippen LogP contribution in [0.5, 0.6) is 0 Å². The molecule has 0 saturated heterocycles. The number of carbonyl (C=O) groups excluding carboxylic acids is 2. The Balaban J connectivity index is 4.22. The SMILES string of the molecule is CCCCCC=CCC=CCCCCCCCC(=O)OC[C@H](COP(=O)(O)OCCN)OC(=O)CCCCCCCCCC=CCCCCCC. The molecule has 0 heterocycles. The summed E-state index contributed by atoms with van der Waals surface area (Å²) in [4.78, 5) is 34.8. The molecule has 0 saturated carbocycles. The van der Waals surface area contributed by atoms with E-state index in [2.05, 4.69) is 50.3 Å². The van der Waals surface area contributed by atoms with Crippen LogP contribution >= 0.6 is 7.82 Å². The fourth-order valence-corrected chi connectivity index (χ4v) is 6.19. The van der Waals surface area contributed by atoms with Crippen molar-refractivity contribution in [3.05, 3.63) is 36.5 Å². The van der Waals surface area contributed by atoms with Gasteiger partial charge in [0.15, 0.2) is 6.10 Å². The fraction of sp³-hybridized carbons (Fsp3) is 0.805. The molecule has 0 fully saturated rings. The topological polar surface area (TPSA) is 134 Å². The molecule has 2 atom stereocenters. The first-order valence-electron chi connectivity index (χ1n) is 20.5. The summed E-state index contributed by atoms with van der Waals surface area (Å²) in [6, 6.07) is 0. The molecule has 9 nitrogen and oxygen atoms in total. The van der Waals surface area contributed by atoms with Crippen molar-refractivity contribution in [2.24, 2.45) is 5.73 Å². The van der Waals surface area contributed by atoms with Crippen molar-refractivity contribution in [1.29, 1.82) is 0 Å². The van der Waals surface area contributed by atoms with Gasteiger partial charge in [-0.3, -0.25) is 18.6 Å². The molecule has 0 rings (SSSR count). The molecule has 1 unspecified atom stereocenters. The number of rotatable bonds is 38. The van der Waals surface area contributed by atoms with Crippen LogP contribution in [0, 0.1) is 0 Å². The van der Waals surface area contributed by atoms with Gasteiger partial charge in [0.25, 0.3) is 0 Å². The summed E-state index contributed by atoms with van der Waals surface area (Å²) in [5.74, 6) is -0.850. The lowest BCUT2D eigenvalue weighted by atomic mass is 10.1. The summed E-state index contributed by atoms with van der Waals surface area (Å²) in [5, 5.41) is 0. The van der Waals surface area contributed by atoms with Crippen molar-refractivity contribution in [2.45, 2.75) is 187 Å². The number of allylic oxidation sites excluding steroid dienone is 6. The zero-order chi connectivity index (χ0) is 37.5. The van der Waals surface area contributed by atoms with Gasteiger partial charge >= 0.3 is 19.8 Å². The van der Waals surface area contributed by atoms with E-state index < -0.39 is 32.5 Å². The lowest BCUT2D eigenvalue weighted by Gasteiger charge is -2.19. The minimum absolute atomic E-state index is 0.0503. The Morgan fingerprint density at radius 2 is 1.02 bits per heavy atom. The second-order valence-corrected chi connectivity index (χ2v) is 14.9. The van der Waals surface area contributed by atoms with Crippen molar-refractivity contribution in [1.82, 2.24) is 0 Å². The third-order valence-electron chi connectivity index (χ3n) is 8.50. The van der Waals surface area contributed by atoms with Crippen LogP contribution in [-0.4, -0.2) is 49.3 Å². The second kappa shape index (κ2) is 38.0. The van der Waals surface area contributed by atoms with E-state index in [1.807, 2.05) is 0 Å². The smallest absolute Gasteiger partial charge is 0.462 e. The van der Waals surface area contributed by atoms with Crippen molar-refractivity contribution in [3.63, 3.8) is 0 Å². The molecule has 0 aromatic heterocycles. The molecule has 0 radical (unpaired) electrons. The normalized spacial score (nSPS) is 13.7. The van der Waals surface area contributed by atoms with E-state index in [0.29, 0.717) is 12.8 Å². The summed E-state index contributed by atoms with van der Waals surface area (Å²) in [6.45, 7) is 3.67. The lowest BCUT2D eigenvalue weighted by Crippen LogP contribution is -2.29. The van der Waals surface area contributed by atoms with Gasteiger partial charge in [0.2, 0.25) is 0 Å². The molecule has 0 aliphatic heterocycles. The Morgan fingerprint density at radius 1 is 0.588 bits per heavy atom. The van der Waals surface area contributed by atoms with Gasteiger partial charge in [0, 0.05) is 19.4 Å². The van der Waals surface area contributed by atoms with Crippen LogP contribution in [0.15, 0.2) is 36.5 Å². The van der Waals surface area contributed by atoms with Gasteiger partial charge in [0.05, 0.1) is 13.2 Å². The van der Waals surface area contributed by atoms with Crippen molar-refractivity contribution < 1.29 is 37.6 Å². The highest BCUT2D eigenvalue weighted by Gasteiger charge is 2.26. The zero-order valence-electron chi connectivity index (χ0n) is 32.6. The van der Waals surface area contributed by atoms with Crippen molar-refractivity contribution in [2.75, 3.05) is 26.4 Å². The summed E-state index contributed by atoms with van der Waals surface area (Å²) in [7, 11) is -4.38. The minimum atomic E-state index is -4.38. The average molecular weight is 742 g/mol. The Morgan fingerprint density at radius 3 is 1.55 bits per heavy atom. The molecule has 0 aromatic rings. The molecule has 0 aliphatic rings. The van der Waals surface area contributed by atoms with E-state index in [9.17, 15) is 19.0 Å². The third-order valence-corrected chi connectivity index (χ3v) is 9.48. The van der Waals surface area contributed by atoms with E-state index >= 15 is 0 Å². The number of ether oxygens (including phenoxy) is 2. The van der Waals surface area contributed by atoms with Crippen LogP contribution in [0.3, 0.4) is 0 Å². The first-order chi connectivity index (χ1) is 24.8. The van der Waals surface area contributed by atoms with Gasteiger partial charge in [-0.05, 0) is 70.6 Å². The molecular weight excluding hydrogens is 665 g/mol. The molecule has 51 heavy (non-hydrogen) atoms. The van der Waals surface area contributed by atoms with Gasteiger partial charge in [-0.1, -0.05) is 134 Å². The Kier molecular flexibility index (Phi) is 36.7. The number of unbranched alkanes of at least 4 members (excludes halogenated alkanes) is 19. The van der Waals surface area contributed by atoms with Crippen LogP contribution in [0.1, 0.15) is 181 Å². The minimum Gasteiger partial charge on any atom is -0.462 e. The maximum Gasteiger partial charge on any atom is 0.472 e. The molecule has 0 bridgehead atoms. The Labute approximate surface area is 312 Å². The summed E-state index contributed by atoms with van der Waals surface area (Å²) < 4.78 is 32.7. The van der Waals surface area contributed by atoms with Crippen molar-refractivity contribution >= 4 is 19.8 Å². The van der Waals surface area contributed by atoms with E-state index in [1.54, 1.807) is 0 Å². The second-order valence-electron chi connectivity index (χ2n) is 13.5. The third kappa shape index (κ3) is 37.8. The predicted molar refractivity (Wildman–Crippen MR) is 210 cm³/mol. The average Bonchev–Trinajstić information content (AvgIpc) is 3.11. The van der Waals surface area contributed by atoms with Crippen molar-refractivity contribution in [3.8, 4) is 0 Å². The quantitative estimate of drug-likeness (QED) is 0.0274. The van der Waals surface area contributed by atoms with Gasteiger partial charge in [-0.2, -0.15) is 0 Å². The number of hydrogen-bond acceptors (Lipinski definition) is 8. The predicted octanol–water partition coefficient (Wildman–Crippen LogP) is 11.4. The summed E-state index contributed by atoms with van der Waals surface area (Å²) >= 11 is 0. The maximum absolute atomic E-state index is 12.5. The molecular formula is C41H76NO8P. The number of carbonyl (C=O) groups is 2. The van der Waals surface area contributed by atoms with Gasteiger partial charge in [0.1, 0.15) is 6.61 Å². The zero-order valence-corrected chi connectivity index (χ0v) is 33.5. The number of phosphoric ester groups is 1. The first kappa shape index (κ1) is 49.2. The number of esters is 2. The van der Waals surface area contributed by atoms with E-state index in [-0.39, 0.29) is 32.6 Å². The number of phosphoric acid groups is 1. The molecule has 298 valence electrons. The Hall–Kier alpha value is -1.77.